The van der Waals surface area contributed by atoms with Gasteiger partial charge < -0.3 is 14.6 Å². The van der Waals surface area contributed by atoms with Crippen LogP contribution in [-0.4, -0.2) is 22.5 Å². The minimum Gasteiger partial charge on any atom is -0.462 e. The van der Waals surface area contributed by atoms with Gasteiger partial charge in [-0.05, 0) is 80.1 Å². The number of nitrogens with zero attached hydrogens (tertiary/aromatic N) is 1. The van der Waals surface area contributed by atoms with Gasteiger partial charge in [0.25, 0.3) is 5.91 Å². The molecule has 2 heterocycles. The molecule has 0 bridgehead atoms. The summed E-state index contributed by atoms with van der Waals surface area (Å²) in [5.74, 6) is -0.442. The molecular weight excluding hydrogens is 503 g/mol. The summed E-state index contributed by atoms with van der Waals surface area (Å²) in [5.41, 5.74) is 6.04. The lowest BCUT2D eigenvalue weighted by atomic mass is 9.96. The number of anilines is 1. The Hall–Kier alpha value is -4.19. The van der Waals surface area contributed by atoms with Crippen molar-refractivity contribution < 1.29 is 18.7 Å². The number of benzene rings is 3. The molecule has 3 aromatic carbocycles. The van der Waals surface area contributed by atoms with Crippen LogP contribution in [0.25, 0.3) is 22.4 Å². The molecule has 5 rings (SSSR count). The SMILES string of the molecule is CCC1CCCC(=O)O1.CCc1c(C(=O)Nc2ccccc2)c(-c2ccccc2)c(-c2ccc(F)cc2)n1CC. The first-order chi connectivity index (χ1) is 19.5. The van der Waals surface area contributed by atoms with E-state index in [-0.39, 0.29) is 23.8 Å². The van der Waals surface area contributed by atoms with Crippen LogP contribution in [0, 0.1) is 5.82 Å². The Morgan fingerprint density at radius 2 is 1.57 bits per heavy atom. The Bertz CT molecular complexity index is 1410. The van der Waals surface area contributed by atoms with E-state index in [1.807, 2.05) is 67.6 Å². The van der Waals surface area contributed by atoms with Crippen LogP contribution in [0.3, 0.4) is 0 Å². The lowest BCUT2D eigenvalue weighted by molar-refractivity contribution is -0.153. The number of esters is 1. The highest BCUT2D eigenvalue weighted by molar-refractivity contribution is 6.12. The molecule has 1 aliphatic rings. The van der Waals surface area contributed by atoms with Gasteiger partial charge in [-0.2, -0.15) is 0 Å². The fourth-order valence-electron chi connectivity index (χ4n) is 5.20. The summed E-state index contributed by atoms with van der Waals surface area (Å²) in [5, 5.41) is 3.06. The number of hydrogen-bond acceptors (Lipinski definition) is 3. The van der Waals surface area contributed by atoms with E-state index in [4.69, 9.17) is 4.74 Å². The predicted octanol–water partition coefficient (Wildman–Crippen LogP) is 8.29. The van der Waals surface area contributed by atoms with E-state index in [0.29, 0.717) is 24.9 Å². The molecule has 0 radical (unpaired) electrons. The molecule has 0 saturated carbocycles. The van der Waals surface area contributed by atoms with Gasteiger partial charge in [-0.25, -0.2) is 4.39 Å². The number of halogens is 1. The third-order valence-electron chi connectivity index (χ3n) is 7.12. The summed E-state index contributed by atoms with van der Waals surface area (Å²) in [6.07, 6.45) is 4.57. The minimum absolute atomic E-state index is 0.0203. The van der Waals surface area contributed by atoms with Gasteiger partial charge in [0.15, 0.2) is 0 Å². The second-order valence-electron chi connectivity index (χ2n) is 9.75. The average molecular weight is 541 g/mol. The molecule has 5 nitrogen and oxygen atoms in total. The number of carbonyl (C=O) groups excluding carboxylic acids is 2. The monoisotopic (exact) mass is 540 g/mol. The first-order valence-electron chi connectivity index (χ1n) is 14.1. The molecule has 4 aromatic rings. The van der Waals surface area contributed by atoms with Crippen LogP contribution in [-0.2, 0) is 22.5 Å². The Morgan fingerprint density at radius 3 is 2.12 bits per heavy atom. The fraction of sp³-hybridized carbons (Fsp3) is 0.294. The number of rotatable bonds is 7. The Balaban J connectivity index is 0.000000350. The molecule has 1 aliphatic heterocycles. The molecule has 1 fully saturated rings. The van der Waals surface area contributed by atoms with Crippen molar-refractivity contribution in [1.82, 2.24) is 4.57 Å². The summed E-state index contributed by atoms with van der Waals surface area (Å²) in [6, 6.07) is 25.9. The lowest BCUT2D eigenvalue weighted by Crippen LogP contribution is -2.22. The minimum atomic E-state index is -0.280. The fourth-order valence-corrected chi connectivity index (χ4v) is 5.20. The molecule has 1 atom stereocenters. The predicted molar refractivity (Wildman–Crippen MR) is 159 cm³/mol. The molecule has 1 aromatic heterocycles. The van der Waals surface area contributed by atoms with Crippen molar-refractivity contribution in [2.24, 2.45) is 0 Å². The number of para-hydroxylation sites is 1. The number of ether oxygens (including phenoxy) is 1. The highest BCUT2D eigenvalue weighted by Crippen LogP contribution is 2.40. The number of nitrogens with one attached hydrogen (secondary N) is 1. The zero-order valence-corrected chi connectivity index (χ0v) is 23.5. The van der Waals surface area contributed by atoms with Crippen molar-refractivity contribution >= 4 is 17.6 Å². The lowest BCUT2D eigenvalue weighted by Gasteiger charge is -2.20. The van der Waals surface area contributed by atoms with Gasteiger partial charge >= 0.3 is 5.97 Å². The molecule has 208 valence electrons. The first-order valence-corrected chi connectivity index (χ1v) is 14.1. The molecular formula is C34H37FN2O3. The zero-order chi connectivity index (χ0) is 28.5. The van der Waals surface area contributed by atoms with E-state index in [9.17, 15) is 14.0 Å². The average Bonchev–Trinajstić information content (AvgIpc) is 3.33. The third-order valence-corrected chi connectivity index (χ3v) is 7.12. The molecule has 0 aliphatic carbocycles. The second-order valence-corrected chi connectivity index (χ2v) is 9.75. The summed E-state index contributed by atoms with van der Waals surface area (Å²) in [7, 11) is 0. The van der Waals surface area contributed by atoms with Gasteiger partial charge in [-0.3, -0.25) is 9.59 Å². The van der Waals surface area contributed by atoms with Crippen LogP contribution in [0.15, 0.2) is 84.9 Å². The van der Waals surface area contributed by atoms with E-state index >= 15 is 0 Å². The highest BCUT2D eigenvalue weighted by Gasteiger charge is 2.27. The largest absolute Gasteiger partial charge is 0.462 e. The summed E-state index contributed by atoms with van der Waals surface area (Å²) in [6.45, 7) is 6.88. The van der Waals surface area contributed by atoms with Crippen LogP contribution in [0.5, 0.6) is 0 Å². The number of hydrogen-bond donors (Lipinski definition) is 1. The summed E-state index contributed by atoms with van der Waals surface area (Å²) < 4.78 is 20.8. The maximum Gasteiger partial charge on any atom is 0.306 e. The van der Waals surface area contributed by atoms with Crippen LogP contribution in [0.4, 0.5) is 10.1 Å². The van der Waals surface area contributed by atoms with Crippen LogP contribution >= 0.6 is 0 Å². The first kappa shape index (κ1) is 28.8. The van der Waals surface area contributed by atoms with Crippen molar-refractivity contribution in [2.45, 2.75) is 65.5 Å². The number of amides is 1. The third kappa shape index (κ3) is 6.68. The molecule has 1 saturated heterocycles. The van der Waals surface area contributed by atoms with E-state index in [1.165, 1.54) is 12.1 Å². The van der Waals surface area contributed by atoms with Gasteiger partial charge in [-0.15, -0.1) is 0 Å². The van der Waals surface area contributed by atoms with E-state index < -0.39 is 0 Å². The van der Waals surface area contributed by atoms with E-state index in [1.54, 1.807) is 12.1 Å². The number of aromatic nitrogens is 1. The Morgan fingerprint density at radius 1 is 0.925 bits per heavy atom. The Kier molecular flexibility index (Phi) is 9.90. The van der Waals surface area contributed by atoms with Gasteiger partial charge in [0.05, 0.1) is 11.3 Å². The smallest absolute Gasteiger partial charge is 0.306 e. The second kappa shape index (κ2) is 13.7. The molecule has 40 heavy (non-hydrogen) atoms. The molecule has 1 N–H and O–H groups in total. The highest BCUT2D eigenvalue weighted by atomic mass is 19.1. The van der Waals surface area contributed by atoms with Crippen molar-refractivity contribution in [3.63, 3.8) is 0 Å². The standard InChI is InChI=1S/C27H25FN2O.C7H12O2/c1-3-23-25(27(31)29-22-13-9-6-10-14-22)24(19-11-7-5-8-12-19)26(30(23)4-2)20-15-17-21(28)18-16-20;1-2-6-4-3-5-7(8)9-6/h5-18H,3-4H2,1-2H3,(H,29,31);6H,2-5H2,1H3. The normalized spacial score (nSPS) is 14.6. The molecule has 6 heteroatoms. The zero-order valence-electron chi connectivity index (χ0n) is 23.5. The Labute approximate surface area is 236 Å². The number of cyclic esters (lactones) is 1. The van der Waals surface area contributed by atoms with Crippen molar-refractivity contribution in [2.75, 3.05) is 5.32 Å². The summed E-state index contributed by atoms with van der Waals surface area (Å²) in [4.78, 5) is 24.2. The maximum absolute atomic E-state index is 13.7. The van der Waals surface area contributed by atoms with Crippen LogP contribution in [0.2, 0.25) is 0 Å². The molecule has 0 spiro atoms. The quantitative estimate of drug-likeness (QED) is 0.240. The molecule has 1 amide bonds. The maximum atomic E-state index is 13.7. The van der Waals surface area contributed by atoms with Gasteiger partial charge in [0.2, 0.25) is 0 Å². The van der Waals surface area contributed by atoms with E-state index in [2.05, 4.69) is 23.7 Å². The van der Waals surface area contributed by atoms with Crippen molar-refractivity contribution in [1.29, 1.82) is 0 Å². The van der Waals surface area contributed by atoms with Crippen LogP contribution < -0.4 is 5.32 Å². The van der Waals surface area contributed by atoms with Crippen LogP contribution in [0.1, 0.15) is 62.5 Å². The van der Waals surface area contributed by atoms with Gasteiger partial charge in [0, 0.05) is 29.9 Å². The number of carbonyl (C=O) groups is 2. The summed E-state index contributed by atoms with van der Waals surface area (Å²) >= 11 is 0. The van der Waals surface area contributed by atoms with Crippen molar-refractivity contribution in [3.8, 4) is 22.4 Å². The van der Waals surface area contributed by atoms with E-state index in [0.717, 1.165) is 53.0 Å². The van der Waals surface area contributed by atoms with Gasteiger partial charge in [-0.1, -0.05) is 62.4 Å². The topological polar surface area (TPSA) is 60.3 Å². The molecule has 1 unspecified atom stereocenters. The van der Waals surface area contributed by atoms with Gasteiger partial charge in [0.1, 0.15) is 11.9 Å². The van der Waals surface area contributed by atoms with Crippen molar-refractivity contribution in [3.05, 3.63) is 102 Å².